The van der Waals surface area contributed by atoms with E-state index in [0.717, 1.165) is 97.7 Å². The summed E-state index contributed by atoms with van der Waals surface area (Å²) in [7, 11) is 1.52. The number of fused-ring (bicyclic) bond motifs is 1. The van der Waals surface area contributed by atoms with Crippen LogP contribution in [0.4, 0.5) is 10.5 Å². The van der Waals surface area contributed by atoms with Crippen LogP contribution in [0.25, 0.3) is 0 Å². The number of urea groups is 1. The zero-order valence-electron chi connectivity index (χ0n) is 24.7. The van der Waals surface area contributed by atoms with Crippen LogP contribution in [0.3, 0.4) is 0 Å². The van der Waals surface area contributed by atoms with Gasteiger partial charge in [0.2, 0.25) is 11.7 Å². The van der Waals surface area contributed by atoms with Crippen molar-refractivity contribution in [3.63, 3.8) is 0 Å². The standard InChI is InChI=1S/C32H45N3O6/c1-32(2)40-23-26-20-25(14-15-29(26)41-32)28(36)21-33-16-7-4-5-8-17-39-18-9-6-11-24-12-10-13-27(19-24)35-22-30(37)34(3)31(35)38/h10,12-15,19-20,28,33,36H,4-9,11,16-18,21-23H2,1-3H3/t28-/m0/s1. The topological polar surface area (TPSA) is 101 Å². The van der Waals surface area contributed by atoms with Crippen LogP contribution in [0.15, 0.2) is 42.5 Å². The predicted molar refractivity (Wildman–Crippen MR) is 158 cm³/mol. The molecule has 3 amide bonds. The largest absolute Gasteiger partial charge is 0.463 e. The summed E-state index contributed by atoms with van der Waals surface area (Å²) in [5, 5.41) is 13.9. The van der Waals surface area contributed by atoms with Gasteiger partial charge in [-0.1, -0.05) is 31.0 Å². The van der Waals surface area contributed by atoms with Gasteiger partial charge in [0.15, 0.2) is 0 Å². The molecular weight excluding hydrogens is 522 g/mol. The third-order valence-corrected chi connectivity index (χ3v) is 7.54. The van der Waals surface area contributed by atoms with Gasteiger partial charge in [0.05, 0.1) is 12.7 Å². The molecule has 2 heterocycles. The monoisotopic (exact) mass is 567 g/mol. The molecule has 41 heavy (non-hydrogen) atoms. The molecule has 0 spiro atoms. The second-order valence-corrected chi connectivity index (χ2v) is 11.4. The van der Waals surface area contributed by atoms with Gasteiger partial charge in [0.1, 0.15) is 12.3 Å². The van der Waals surface area contributed by atoms with Gasteiger partial charge < -0.3 is 24.6 Å². The number of rotatable bonds is 16. The Morgan fingerprint density at radius 1 is 1.02 bits per heavy atom. The Labute approximate surface area is 243 Å². The highest BCUT2D eigenvalue weighted by atomic mass is 16.7. The number of anilines is 1. The number of aryl methyl sites for hydroxylation is 1. The highest BCUT2D eigenvalue weighted by Crippen LogP contribution is 2.32. The van der Waals surface area contributed by atoms with Crippen molar-refractivity contribution >= 4 is 17.6 Å². The van der Waals surface area contributed by atoms with E-state index in [0.29, 0.717) is 13.2 Å². The van der Waals surface area contributed by atoms with E-state index < -0.39 is 11.9 Å². The first-order chi connectivity index (χ1) is 19.7. The molecule has 2 aromatic carbocycles. The molecule has 0 unspecified atom stereocenters. The smallest absolute Gasteiger partial charge is 0.331 e. The Hall–Kier alpha value is -2.98. The van der Waals surface area contributed by atoms with Gasteiger partial charge in [0, 0.05) is 51.9 Å². The number of aliphatic hydroxyl groups excluding tert-OH is 1. The maximum Gasteiger partial charge on any atom is 0.331 e. The molecule has 4 rings (SSSR count). The van der Waals surface area contributed by atoms with Crippen LogP contribution < -0.4 is 15.0 Å². The number of ether oxygens (including phenoxy) is 3. The number of imide groups is 1. The number of hydrogen-bond acceptors (Lipinski definition) is 7. The van der Waals surface area contributed by atoms with E-state index in [9.17, 15) is 14.7 Å². The number of nitrogens with zero attached hydrogens (tertiary/aromatic N) is 2. The Bertz CT molecular complexity index is 1170. The third-order valence-electron chi connectivity index (χ3n) is 7.54. The quantitative estimate of drug-likeness (QED) is 0.219. The van der Waals surface area contributed by atoms with Crippen LogP contribution in [0.5, 0.6) is 5.75 Å². The minimum Gasteiger partial charge on any atom is -0.463 e. The Morgan fingerprint density at radius 3 is 2.59 bits per heavy atom. The minimum atomic E-state index is -0.615. The fourth-order valence-corrected chi connectivity index (χ4v) is 5.04. The number of hydrogen-bond donors (Lipinski definition) is 2. The Balaban J connectivity index is 0.985. The third kappa shape index (κ3) is 9.00. The number of carbonyl (C=O) groups excluding carboxylic acids is 2. The minimum absolute atomic E-state index is 0.105. The van der Waals surface area contributed by atoms with Crippen molar-refractivity contribution in [3.8, 4) is 5.75 Å². The van der Waals surface area contributed by atoms with Crippen LogP contribution in [0.1, 0.15) is 75.2 Å². The van der Waals surface area contributed by atoms with Crippen LogP contribution in [-0.4, -0.2) is 67.6 Å². The Morgan fingerprint density at radius 2 is 1.80 bits per heavy atom. The highest BCUT2D eigenvalue weighted by Gasteiger charge is 2.34. The molecule has 2 N–H and O–H groups in total. The van der Waals surface area contributed by atoms with Crippen molar-refractivity contribution in [1.82, 2.24) is 10.2 Å². The van der Waals surface area contributed by atoms with Gasteiger partial charge in [-0.25, -0.2) is 4.79 Å². The van der Waals surface area contributed by atoms with Crippen molar-refractivity contribution in [2.24, 2.45) is 0 Å². The molecule has 0 saturated carbocycles. The van der Waals surface area contributed by atoms with Crippen molar-refractivity contribution in [2.75, 3.05) is 44.8 Å². The molecule has 9 nitrogen and oxygen atoms in total. The first kappa shape index (κ1) is 31.0. The van der Waals surface area contributed by atoms with Crippen LogP contribution in [0.2, 0.25) is 0 Å². The molecule has 2 aromatic rings. The van der Waals surface area contributed by atoms with Crippen molar-refractivity contribution in [3.05, 3.63) is 59.2 Å². The summed E-state index contributed by atoms with van der Waals surface area (Å²) in [6.45, 7) is 7.31. The van der Waals surface area contributed by atoms with E-state index in [-0.39, 0.29) is 18.5 Å². The van der Waals surface area contributed by atoms with Crippen LogP contribution in [0, 0.1) is 0 Å². The zero-order valence-corrected chi connectivity index (χ0v) is 24.7. The van der Waals surface area contributed by atoms with E-state index in [1.807, 2.05) is 50.2 Å². The number of aliphatic hydroxyl groups is 1. The number of nitrogens with one attached hydrogen (secondary N) is 1. The molecule has 224 valence electrons. The summed E-state index contributed by atoms with van der Waals surface area (Å²) in [5.74, 6) is 0.0279. The van der Waals surface area contributed by atoms with Crippen molar-refractivity contribution < 1.29 is 28.9 Å². The van der Waals surface area contributed by atoms with E-state index >= 15 is 0 Å². The van der Waals surface area contributed by atoms with Gasteiger partial charge in [-0.05, 0) is 74.0 Å². The lowest BCUT2D eigenvalue weighted by Crippen LogP contribution is -2.35. The SMILES string of the molecule is CN1C(=O)CN(c2cccc(CCCCOCCCCCCNC[C@H](O)c3ccc4c(c3)COC(C)(C)O4)c2)C1=O. The second-order valence-electron chi connectivity index (χ2n) is 11.4. The number of unbranched alkanes of at least 4 members (excludes halogenated alkanes) is 4. The Kier molecular flexibility index (Phi) is 11.2. The molecule has 0 radical (unpaired) electrons. The summed E-state index contributed by atoms with van der Waals surface area (Å²) in [4.78, 5) is 26.7. The number of benzene rings is 2. The molecule has 9 heteroatoms. The average molecular weight is 568 g/mol. The summed E-state index contributed by atoms with van der Waals surface area (Å²) in [6, 6.07) is 13.4. The lowest BCUT2D eigenvalue weighted by molar-refractivity contribution is -0.180. The second kappa shape index (κ2) is 14.8. The molecular formula is C32H45N3O6. The number of carbonyl (C=O) groups is 2. The van der Waals surface area contributed by atoms with Gasteiger partial charge in [-0.2, -0.15) is 0 Å². The molecule has 1 fully saturated rings. The molecule has 0 aliphatic carbocycles. The first-order valence-electron chi connectivity index (χ1n) is 14.8. The summed E-state index contributed by atoms with van der Waals surface area (Å²) >= 11 is 0. The maximum atomic E-state index is 12.2. The van der Waals surface area contributed by atoms with E-state index in [1.54, 1.807) is 0 Å². The zero-order chi connectivity index (χ0) is 29.2. The normalized spacial score (nSPS) is 17.1. The maximum absolute atomic E-state index is 12.2. The fraction of sp³-hybridized carbons (Fsp3) is 0.562. The predicted octanol–water partition coefficient (Wildman–Crippen LogP) is 4.95. The van der Waals surface area contributed by atoms with Gasteiger partial charge in [0.25, 0.3) is 0 Å². The van der Waals surface area contributed by atoms with Crippen LogP contribution >= 0.6 is 0 Å². The van der Waals surface area contributed by atoms with Gasteiger partial charge >= 0.3 is 6.03 Å². The van der Waals surface area contributed by atoms with Crippen molar-refractivity contribution in [2.45, 2.75) is 77.3 Å². The van der Waals surface area contributed by atoms with E-state index in [1.165, 1.54) is 11.9 Å². The van der Waals surface area contributed by atoms with E-state index in [4.69, 9.17) is 14.2 Å². The molecule has 0 aromatic heterocycles. The number of likely N-dealkylation sites (N-methyl/N-ethyl adjacent to an activating group) is 1. The van der Waals surface area contributed by atoms with E-state index in [2.05, 4.69) is 11.4 Å². The molecule has 1 atom stereocenters. The molecule has 2 aliphatic heterocycles. The summed E-state index contributed by atoms with van der Waals surface area (Å²) in [6.07, 6.45) is 6.74. The highest BCUT2D eigenvalue weighted by molar-refractivity contribution is 6.11. The van der Waals surface area contributed by atoms with Crippen molar-refractivity contribution in [1.29, 1.82) is 0 Å². The molecule has 1 saturated heterocycles. The average Bonchev–Trinajstić information content (AvgIpc) is 3.22. The lowest BCUT2D eigenvalue weighted by Gasteiger charge is -2.33. The first-order valence-corrected chi connectivity index (χ1v) is 14.8. The summed E-state index contributed by atoms with van der Waals surface area (Å²) < 4.78 is 17.3. The summed E-state index contributed by atoms with van der Waals surface area (Å²) in [5.41, 5.74) is 3.78. The number of amides is 3. The molecule has 0 bridgehead atoms. The van der Waals surface area contributed by atoms with Gasteiger partial charge in [-0.3, -0.25) is 14.6 Å². The van der Waals surface area contributed by atoms with Crippen LogP contribution in [-0.2, 0) is 27.3 Å². The fourth-order valence-electron chi connectivity index (χ4n) is 5.04. The lowest BCUT2D eigenvalue weighted by atomic mass is 10.0. The molecule has 2 aliphatic rings. The van der Waals surface area contributed by atoms with Gasteiger partial charge in [-0.15, -0.1) is 0 Å².